The van der Waals surface area contributed by atoms with Crippen LogP contribution in [0.2, 0.25) is 0 Å². The second-order valence-electron chi connectivity index (χ2n) is 1.70. The van der Waals surface area contributed by atoms with Crippen molar-refractivity contribution >= 4 is 23.5 Å². The number of thioether (sulfide) groups is 2. The van der Waals surface area contributed by atoms with E-state index >= 15 is 0 Å². The van der Waals surface area contributed by atoms with E-state index in [1.807, 2.05) is 0 Å². The Morgan fingerprint density at radius 1 is 1.30 bits per heavy atom. The second-order valence-corrected chi connectivity index (χ2v) is 3.81. The predicted octanol–water partition coefficient (Wildman–Crippen LogP) is 2.87. The molecule has 0 fully saturated rings. The van der Waals surface area contributed by atoms with E-state index in [4.69, 9.17) is 0 Å². The lowest BCUT2D eigenvalue weighted by Gasteiger charge is -2.13. The van der Waals surface area contributed by atoms with E-state index in [2.05, 4.69) is 0 Å². The van der Waals surface area contributed by atoms with Crippen LogP contribution in [0.15, 0.2) is 10.3 Å². The van der Waals surface area contributed by atoms with Gasteiger partial charge in [0.15, 0.2) is 0 Å². The normalized spacial score (nSPS) is 20.5. The summed E-state index contributed by atoms with van der Waals surface area (Å²) in [5, 5.41) is 1.19. The largest absolute Gasteiger partial charge is 0.422 e. The smallest absolute Gasteiger partial charge is 0.166 e. The van der Waals surface area contributed by atoms with Crippen molar-refractivity contribution in [2.45, 2.75) is 6.18 Å². The van der Waals surface area contributed by atoms with E-state index in [-0.39, 0.29) is 0 Å². The molecule has 0 bridgehead atoms. The number of rotatable bonds is 0. The summed E-state index contributed by atoms with van der Waals surface area (Å²) in [7, 11) is 0. The highest BCUT2D eigenvalue weighted by Crippen LogP contribution is 2.38. The molecule has 5 heteroatoms. The summed E-state index contributed by atoms with van der Waals surface area (Å²) in [4.78, 5) is -0.455. The maximum atomic E-state index is 11.8. The Morgan fingerprint density at radius 3 is 2.30 bits per heavy atom. The summed E-state index contributed by atoms with van der Waals surface area (Å²) >= 11 is 2.11. The molecule has 1 heterocycles. The molecular formula is C5H5F3S2. The zero-order valence-corrected chi connectivity index (χ0v) is 6.57. The molecule has 10 heavy (non-hydrogen) atoms. The summed E-state index contributed by atoms with van der Waals surface area (Å²) in [6, 6.07) is 0. The van der Waals surface area contributed by atoms with Crippen LogP contribution in [0.4, 0.5) is 13.2 Å². The van der Waals surface area contributed by atoms with E-state index in [0.717, 1.165) is 17.5 Å². The molecule has 1 aliphatic heterocycles. The predicted molar refractivity (Wildman–Crippen MR) is 39.1 cm³/mol. The minimum Gasteiger partial charge on any atom is -0.166 e. The first-order valence-electron chi connectivity index (χ1n) is 2.62. The molecule has 0 aliphatic carbocycles. The lowest BCUT2D eigenvalue weighted by atomic mass is 10.6. The summed E-state index contributed by atoms with van der Waals surface area (Å²) in [6.07, 6.45) is -4.13. The average molecular weight is 186 g/mol. The fourth-order valence-corrected chi connectivity index (χ4v) is 2.50. The molecule has 0 saturated carbocycles. The Bertz CT molecular complexity index is 149. The van der Waals surface area contributed by atoms with Crippen LogP contribution < -0.4 is 0 Å². The molecule has 0 amide bonds. The Hall–Kier alpha value is 0.230. The van der Waals surface area contributed by atoms with Crippen molar-refractivity contribution in [3.63, 3.8) is 0 Å². The van der Waals surface area contributed by atoms with E-state index in [0.29, 0.717) is 5.75 Å². The molecule has 0 aromatic heterocycles. The van der Waals surface area contributed by atoms with Crippen molar-refractivity contribution in [2.75, 3.05) is 11.5 Å². The van der Waals surface area contributed by atoms with E-state index in [1.165, 1.54) is 17.2 Å². The Morgan fingerprint density at radius 2 is 2.00 bits per heavy atom. The Kier molecular flexibility index (Phi) is 2.57. The molecule has 0 aromatic rings. The molecule has 58 valence electrons. The number of hydrogen-bond acceptors (Lipinski definition) is 2. The number of hydrogen-bond donors (Lipinski definition) is 0. The van der Waals surface area contributed by atoms with Crippen LogP contribution >= 0.6 is 23.5 Å². The zero-order valence-electron chi connectivity index (χ0n) is 4.94. The minimum absolute atomic E-state index is 0.455. The number of alkyl halides is 3. The molecule has 0 unspecified atom stereocenters. The van der Waals surface area contributed by atoms with Crippen LogP contribution in [0.3, 0.4) is 0 Å². The van der Waals surface area contributed by atoms with Gasteiger partial charge in [0.1, 0.15) is 0 Å². The Labute approximate surface area is 65.2 Å². The maximum Gasteiger partial charge on any atom is 0.422 e. The van der Waals surface area contributed by atoms with Crippen molar-refractivity contribution in [1.82, 2.24) is 0 Å². The molecule has 0 radical (unpaired) electrons. The average Bonchev–Trinajstić information content (AvgIpc) is 1.88. The van der Waals surface area contributed by atoms with Gasteiger partial charge < -0.3 is 0 Å². The van der Waals surface area contributed by atoms with Gasteiger partial charge in [-0.15, -0.1) is 23.5 Å². The maximum absolute atomic E-state index is 11.8. The van der Waals surface area contributed by atoms with E-state index in [1.54, 1.807) is 0 Å². The van der Waals surface area contributed by atoms with Gasteiger partial charge in [0.2, 0.25) is 0 Å². The molecule has 0 nitrogen and oxygen atoms in total. The highest BCUT2D eigenvalue weighted by molar-refractivity contribution is 8.09. The SMILES string of the molecule is FC(F)(F)C1=CSCCS1. The quantitative estimate of drug-likeness (QED) is 0.570. The summed E-state index contributed by atoms with van der Waals surface area (Å²) < 4.78 is 35.5. The van der Waals surface area contributed by atoms with E-state index < -0.39 is 11.1 Å². The van der Waals surface area contributed by atoms with Gasteiger partial charge in [-0.1, -0.05) is 0 Å². The second kappa shape index (κ2) is 3.09. The number of halogens is 3. The first-order chi connectivity index (χ1) is 4.61. The van der Waals surface area contributed by atoms with Crippen molar-refractivity contribution < 1.29 is 13.2 Å². The van der Waals surface area contributed by atoms with Gasteiger partial charge in [-0.05, 0) is 5.41 Å². The molecule has 0 saturated heterocycles. The molecular weight excluding hydrogens is 181 g/mol. The first-order valence-corrected chi connectivity index (χ1v) is 4.66. The van der Waals surface area contributed by atoms with Crippen LogP contribution in [0.1, 0.15) is 0 Å². The third-order valence-corrected chi connectivity index (χ3v) is 3.25. The fraction of sp³-hybridized carbons (Fsp3) is 0.600. The van der Waals surface area contributed by atoms with Crippen LogP contribution in [-0.4, -0.2) is 17.7 Å². The summed E-state index contributed by atoms with van der Waals surface area (Å²) in [6.45, 7) is 0. The lowest BCUT2D eigenvalue weighted by Crippen LogP contribution is -2.11. The van der Waals surface area contributed by atoms with Crippen LogP contribution in [-0.2, 0) is 0 Å². The number of allylic oxidation sites excluding steroid dienone is 1. The molecule has 1 aliphatic rings. The van der Waals surface area contributed by atoms with Gasteiger partial charge in [0.05, 0.1) is 4.91 Å². The summed E-state index contributed by atoms with van der Waals surface area (Å²) in [5.41, 5.74) is 0. The molecule has 0 spiro atoms. The minimum atomic E-state index is -4.13. The van der Waals surface area contributed by atoms with Gasteiger partial charge in [-0.2, -0.15) is 13.2 Å². The third kappa shape index (κ3) is 2.12. The molecule has 1 rings (SSSR count). The van der Waals surface area contributed by atoms with Gasteiger partial charge >= 0.3 is 6.18 Å². The highest BCUT2D eigenvalue weighted by atomic mass is 32.2. The zero-order chi connectivity index (χ0) is 7.61. The van der Waals surface area contributed by atoms with Crippen molar-refractivity contribution in [3.8, 4) is 0 Å². The van der Waals surface area contributed by atoms with Crippen molar-refractivity contribution in [1.29, 1.82) is 0 Å². The molecule has 0 atom stereocenters. The fourth-order valence-electron chi connectivity index (χ4n) is 0.517. The van der Waals surface area contributed by atoms with Crippen LogP contribution in [0.5, 0.6) is 0 Å². The first kappa shape index (κ1) is 8.33. The van der Waals surface area contributed by atoms with Gasteiger partial charge in [-0.3, -0.25) is 0 Å². The third-order valence-electron chi connectivity index (χ3n) is 0.929. The monoisotopic (exact) mass is 186 g/mol. The van der Waals surface area contributed by atoms with Crippen molar-refractivity contribution in [3.05, 3.63) is 10.3 Å². The summed E-state index contributed by atoms with van der Waals surface area (Å²) in [5.74, 6) is 1.35. The van der Waals surface area contributed by atoms with Gasteiger partial charge in [-0.25, -0.2) is 0 Å². The lowest BCUT2D eigenvalue weighted by molar-refractivity contribution is -0.0834. The van der Waals surface area contributed by atoms with Crippen LogP contribution in [0.25, 0.3) is 0 Å². The van der Waals surface area contributed by atoms with E-state index in [9.17, 15) is 13.2 Å². The molecule has 0 N–H and O–H groups in total. The van der Waals surface area contributed by atoms with Crippen LogP contribution in [0, 0.1) is 0 Å². The standard InChI is InChI=1S/C5H5F3S2/c6-5(7,8)4-3-9-1-2-10-4/h3H,1-2H2. The van der Waals surface area contributed by atoms with Gasteiger partial charge in [0, 0.05) is 11.5 Å². The van der Waals surface area contributed by atoms with Crippen molar-refractivity contribution in [2.24, 2.45) is 0 Å². The van der Waals surface area contributed by atoms with Gasteiger partial charge in [0.25, 0.3) is 0 Å². The Balaban J connectivity index is 2.62. The topological polar surface area (TPSA) is 0 Å². The highest BCUT2D eigenvalue weighted by Gasteiger charge is 2.34. The molecule has 0 aromatic carbocycles.